The summed E-state index contributed by atoms with van der Waals surface area (Å²) in [6.07, 6.45) is 4.21. The molecule has 0 unspecified atom stereocenters. The van der Waals surface area contributed by atoms with Crippen molar-refractivity contribution in [3.05, 3.63) is 10.7 Å². The Morgan fingerprint density at radius 3 is 3.06 bits per heavy atom. The zero-order valence-electron chi connectivity index (χ0n) is 9.24. The van der Waals surface area contributed by atoms with Gasteiger partial charge >= 0.3 is 0 Å². The van der Waals surface area contributed by atoms with E-state index in [0.29, 0.717) is 24.8 Å². The molecule has 1 heterocycles. The van der Waals surface area contributed by atoms with E-state index >= 15 is 0 Å². The van der Waals surface area contributed by atoms with Gasteiger partial charge < -0.3 is 16.4 Å². The molecular weight excluding hydrogens is 286 g/mol. The molecule has 1 saturated carbocycles. The van der Waals surface area contributed by atoms with Gasteiger partial charge in [-0.05, 0) is 28.8 Å². The SMILES string of the molecule is Nc1ncc(Br)c(NCCC(=O)NC2CC2)n1. The van der Waals surface area contributed by atoms with E-state index in [4.69, 9.17) is 5.73 Å². The zero-order valence-corrected chi connectivity index (χ0v) is 10.8. The fourth-order valence-electron chi connectivity index (χ4n) is 1.33. The largest absolute Gasteiger partial charge is 0.368 e. The molecule has 0 aromatic carbocycles. The summed E-state index contributed by atoms with van der Waals surface area (Å²) in [7, 11) is 0. The number of nitrogens with zero attached hydrogens (tertiary/aromatic N) is 2. The second kappa shape index (κ2) is 5.31. The number of nitrogen functional groups attached to an aromatic ring is 1. The Kier molecular flexibility index (Phi) is 3.78. The van der Waals surface area contributed by atoms with Gasteiger partial charge in [0.15, 0.2) is 0 Å². The first-order valence-electron chi connectivity index (χ1n) is 5.46. The molecule has 0 saturated heterocycles. The van der Waals surface area contributed by atoms with Crippen LogP contribution >= 0.6 is 15.9 Å². The monoisotopic (exact) mass is 299 g/mol. The Labute approximate surface area is 108 Å². The maximum atomic E-state index is 11.4. The molecule has 2 rings (SSSR count). The number of nitrogens with one attached hydrogen (secondary N) is 2. The van der Waals surface area contributed by atoms with Crippen LogP contribution in [0.25, 0.3) is 0 Å². The average Bonchev–Trinajstić information content (AvgIpc) is 3.07. The molecule has 1 aliphatic rings. The minimum atomic E-state index is 0.0677. The van der Waals surface area contributed by atoms with Crippen molar-refractivity contribution in [1.29, 1.82) is 0 Å². The molecule has 1 aliphatic carbocycles. The molecule has 1 aromatic heterocycles. The van der Waals surface area contributed by atoms with Gasteiger partial charge in [-0.25, -0.2) is 4.98 Å². The number of anilines is 2. The van der Waals surface area contributed by atoms with Crippen molar-refractivity contribution in [3.8, 4) is 0 Å². The molecular formula is C10H14BrN5O. The summed E-state index contributed by atoms with van der Waals surface area (Å²) < 4.78 is 0.731. The van der Waals surface area contributed by atoms with Gasteiger partial charge in [-0.1, -0.05) is 0 Å². The molecule has 0 bridgehead atoms. The predicted octanol–water partition coefficient (Wildman–Crippen LogP) is 0.902. The minimum Gasteiger partial charge on any atom is -0.368 e. The molecule has 6 nitrogen and oxygen atoms in total. The number of halogens is 1. The van der Waals surface area contributed by atoms with Crippen LogP contribution in [-0.2, 0) is 4.79 Å². The van der Waals surface area contributed by atoms with Crippen molar-refractivity contribution < 1.29 is 4.79 Å². The normalized spacial score (nSPS) is 14.4. The molecule has 1 amide bonds. The van der Waals surface area contributed by atoms with Crippen molar-refractivity contribution in [2.45, 2.75) is 25.3 Å². The molecule has 0 radical (unpaired) electrons. The summed E-state index contributed by atoms with van der Waals surface area (Å²) in [5, 5.41) is 5.96. The lowest BCUT2D eigenvalue weighted by Crippen LogP contribution is -2.27. The molecule has 92 valence electrons. The standard InChI is InChI=1S/C10H14BrN5O/c11-7-5-14-10(12)16-9(7)13-4-3-8(17)15-6-1-2-6/h5-6H,1-4H2,(H,15,17)(H3,12,13,14,16). The number of carbonyl (C=O) groups excluding carboxylic acids is 1. The number of hydrogen-bond acceptors (Lipinski definition) is 5. The lowest BCUT2D eigenvalue weighted by Gasteiger charge is -2.07. The highest BCUT2D eigenvalue weighted by molar-refractivity contribution is 9.10. The van der Waals surface area contributed by atoms with E-state index in [1.165, 1.54) is 0 Å². The fraction of sp³-hybridized carbons (Fsp3) is 0.500. The Morgan fingerprint density at radius 2 is 2.35 bits per heavy atom. The summed E-state index contributed by atoms with van der Waals surface area (Å²) in [4.78, 5) is 19.3. The first-order valence-corrected chi connectivity index (χ1v) is 6.25. The van der Waals surface area contributed by atoms with Crippen LogP contribution in [0.5, 0.6) is 0 Å². The van der Waals surface area contributed by atoms with Gasteiger partial charge in [0.05, 0.1) is 4.47 Å². The van der Waals surface area contributed by atoms with Gasteiger partial charge in [-0.15, -0.1) is 0 Å². The molecule has 17 heavy (non-hydrogen) atoms. The van der Waals surface area contributed by atoms with Crippen LogP contribution in [-0.4, -0.2) is 28.5 Å². The molecule has 1 fully saturated rings. The third-order valence-electron chi connectivity index (χ3n) is 2.35. The quantitative estimate of drug-likeness (QED) is 0.751. The number of aromatic nitrogens is 2. The maximum absolute atomic E-state index is 11.4. The van der Waals surface area contributed by atoms with Crippen molar-refractivity contribution in [2.24, 2.45) is 0 Å². The van der Waals surface area contributed by atoms with Crippen LogP contribution in [0.1, 0.15) is 19.3 Å². The van der Waals surface area contributed by atoms with Gasteiger partial charge in [-0.3, -0.25) is 4.79 Å². The summed E-state index contributed by atoms with van der Waals surface area (Å²) >= 11 is 3.30. The highest BCUT2D eigenvalue weighted by atomic mass is 79.9. The molecule has 4 N–H and O–H groups in total. The Balaban J connectivity index is 1.76. The Bertz CT molecular complexity index is 421. The minimum absolute atomic E-state index is 0.0677. The van der Waals surface area contributed by atoms with E-state index in [9.17, 15) is 4.79 Å². The molecule has 0 aliphatic heterocycles. The maximum Gasteiger partial charge on any atom is 0.221 e. The van der Waals surface area contributed by atoms with Crippen molar-refractivity contribution >= 4 is 33.6 Å². The van der Waals surface area contributed by atoms with Crippen molar-refractivity contribution in [2.75, 3.05) is 17.6 Å². The summed E-state index contributed by atoms with van der Waals surface area (Å²) in [5.74, 6) is 0.882. The van der Waals surface area contributed by atoms with E-state index in [1.54, 1.807) is 6.20 Å². The number of carbonyl (C=O) groups is 1. The van der Waals surface area contributed by atoms with Crippen molar-refractivity contribution in [3.63, 3.8) is 0 Å². The van der Waals surface area contributed by atoms with E-state index in [1.807, 2.05) is 0 Å². The molecule has 0 spiro atoms. The van der Waals surface area contributed by atoms with Gasteiger partial charge in [0.1, 0.15) is 5.82 Å². The van der Waals surface area contributed by atoms with Crippen LogP contribution < -0.4 is 16.4 Å². The van der Waals surface area contributed by atoms with Gasteiger partial charge in [0.2, 0.25) is 11.9 Å². The van der Waals surface area contributed by atoms with E-state index in [-0.39, 0.29) is 11.9 Å². The van der Waals surface area contributed by atoms with E-state index < -0.39 is 0 Å². The summed E-state index contributed by atoms with van der Waals surface area (Å²) in [6.45, 7) is 0.521. The highest BCUT2D eigenvalue weighted by Crippen LogP contribution is 2.20. The smallest absolute Gasteiger partial charge is 0.221 e. The number of rotatable bonds is 5. The number of hydrogen-bond donors (Lipinski definition) is 3. The first kappa shape index (κ1) is 12.1. The average molecular weight is 300 g/mol. The topological polar surface area (TPSA) is 92.9 Å². The lowest BCUT2D eigenvalue weighted by molar-refractivity contribution is -0.120. The Morgan fingerprint density at radius 1 is 1.59 bits per heavy atom. The molecule has 0 atom stereocenters. The van der Waals surface area contributed by atoms with Crippen molar-refractivity contribution in [1.82, 2.24) is 15.3 Å². The number of amides is 1. The highest BCUT2D eigenvalue weighted by Gasteiger charge is 2.22. The van der Waals surface area contributed by atoms with E-state index in [2.05, 4.69) is 36.5 Å². The van der Waals surface area contributed by atoms with Crippen LogP contribution in [0.15, 0.2) is 10.7 Å². The van der Waals surface area contributed by atoms with Gasteiger partial charge in [-0.2, -0.15) is 4.98 Å². The van der Waals surface area contributed by atoms with Crippen LogP contribution in [0.2, 0.25) is 0 Å². The third kappa shape index (κ3) is 3.85. The second-order valence-corrected chi connectivity index (χ2v) is 4.80. The van der Waals surface area contributed by atoms with Crippen LogP contribution in [0, 0.1) is 0 Å². The molecule has 7 heteroatoms. The van der Waals surface area contributed by atoms with Crippen LogP contribution in [0.3, 0.4) is 0 Å². The second-order valence-electron chi connectivity index (χ2n) is 3.94. The predicted molar refractivity (Wildman–Crippen MR) is 68.4 cm³/mol. The first-order chi connectivity index (χ1) is 8.15. The third-order valence-corrected chi connectivity index (χ3v) is 2.93. The Hall–Kier alpha value is -1.37. The number of nitrogens with two attached hydrogens (primary N) is 1. The summed E-state index contributed by atoms with van der Waals surface area (Å²) in [6, 6.07) is 0.406. The fourth-order valence-corrected chi connectivity index (χ4v) is 1.66. The zero-order chi connectivity index (χ0) is 12.3. The van der Waals surface area contributed by atoms with Gasteiger partial charge in [0, 0.05) is 25.2 Å². The van der Waals surface area contributed by atoms with Gasteiger partial charge in [0.25, 0.3) is 0 Å². The molecule has 1 aromatic rings. The lowest BCUT2D eigenvalue weighted by atomic mass is 10.4. The van der Waals surface area contributed by atoms with Crippen LogP contribution in [0.4, 0.5) is 11.8 Å². The van der Waals surface area contributed by atoms with E-state index in [0.717, 1.165) is 17.3 Å². The summed E-state index contributed by atoms with van der Waals surface area (Å²) in [5.41, 5.74) is 5.47.